The minimum absolute atomic E-state index is 0.122. The van der Waals surface area contributed by atoms with E-state index in [4.69, 9.17) is 20.8 Å². The molecular weight excluding hydrogens is 332 g/mol. The number of carbonyl (C=O) groups excluding carboxylic acids is 2. The first-order valence-corrected chi connectivity index (χ1v) is 7.72. The molecule has 0 radical (unpaired) electrons. The van der Waals surface area contributed by atoms with E-state index < -0.39 is 17.4 Å². The van der Waals surface area contributed by atoms with Gasteiger partial charge in [0.25, 0.3) is 0 Å². The zero-order valence-corrected chi connectivity index (χ0v) is 14.2. The number of hydrogen-bond donors (Lipinski definition) is 2. The Morgan fingerprint density at radius 1 is 1.21 bits per heavy atom. The summed E-state index contributed by atoms with van der Waals surface area (Å²) in [5.74, 6) is -0.917. The molecule has 0 unspecified atom stereocenters. The van der Waals surface area contributed by atoms with Crippen LogP contribution in [0.1, 0.15) is 18.2 Å². The van der Waals surface area contributed by atoms with Gasteiger partial charge in [0.15, 0.2) is 0 Å². The van der Waals surface area contributed by atoms with Gasteiger partial charge in [-0.25, -0.2) is 0 Å². The fraction of sp³-hybridized carbons (Fsp3) is 0.294. The summed E-state index contributed by atoms with van der Waals surface area (Å²) in [4.78, 5) is 23.7. The van der Waals surface area contributed by atoms with E-state index in [1.807, 2.05) is 6.07 Å². The molecule has 0 spiro atoms. The highest BCUT2D eigenvalue weighted by Crippen LogP contribution is 2.26. The third kappa shape index (κ3) is 4.59. The summed E-state index contributed by atoms with van der Waals surface area (Å²) in [6.45, 7) is 2.08. The van der Waals surface area contributed by atoms with Crippen LogP contribution in [0.2, 0.25) is 5.02 Å². The lowest BCUT2D eigenvalue weighted by Crippen LogP contribution is -2.45. The van der Waals surface area contributed by atoms with Gasteiger partial charge >= 0.3 is 11.8 Å². The quantitative estimate of drug-likeness (QED) is 0.783. The molecule has 24 heavy (non-hydrogen) atoms. The first-order chi connectivity index (χ1) is 11.4. The van der Waals surface area contributed by atoms with Gasteiger partial charge < -0.3 is 19.8 Å². The Kier molecular flexibility index (Phi) is 6.00. The SMILES string of the molecule is CO[C@@](C)(CNC(=O)C(=O)NCc1ccco1)c1cccc(Cl)c1. The van der Waals surface area contributed by atoms with Crippen LogP contribution in [0.4, 0.5) is 0 Å². The molecule has 0 aliphatic heterocycles. The first-order valence-electron chi connectivity index (χ1n) is 7.34. The number of ether oxygens (including phenoxy) is 1. The van der Waals surface area contributed by atoms with Gasteiger partial charge in [-0.2, -0.15) is 0 Å². The first kappa shape index (κ1) is 18.0. The molecule has 2 rings (SSSR count). The van der Waals surface area contributed by atoms with Crippen LogP contribution in [0.3, 0.4) is 0 Å². The van der Waals surface area contributed by atoms with E-state index in [2.05, 4.69) is 10.6 Å². The zero-order chi connectivity index (χ0) is 17.6. The lowest BCUT2D eigenvalue weighted by Gasteiger charge is -2.29. The van der Waals surface area contributed by atoms with Crippen molar-refractivity contribution in [1.29, 1.82) is 0 Å². The van der Waals surface area contributed by atoms with Crippen molar-refractivity contribution >= 4 is 23.4 Å². The van der Waals surface area contributed by atoms with Gasteiger partial charge in [0, 0.05) is 12.1 Å². The fourth-order valence-electron chi connectivity index (χ4n) is 2.10. The van der Waals surface area contributed by atoms with Crippen molar-refractivity contribution < 1.29 is 18.7 Å². The van der Waals surface area contributed by atoms with E-state index in [1.54, 1.807) is 37.3 Å². The molecule has 0 aliphatic carbocycles. The summed E-state index contributed by atoms with van der Waals surface area (Å²) in [7, 11) is 1.53. The standard InChI is InChI=1S/C17H19ClN2O4/c1-17(23-2,12-5-3-6-13(18)9-12)11-20-16(22)15(21)19-10-14-7-4-8-24-14/h3-9H,10-11H2,1-2H3,(H,19,21)(H,20,22)/t17-/m0/s1. The molecule has 2 aromatic rings. The summed E-state index contributed by atoms with van der Waals surface area (Å²) >= 11 is 6.00. The van der Waals surface area contributed by atoms with E-state index in [0.717, 1.165) is 5.56 Å². The van der Waals surface area contributed by atoms with Crippen LogP contribution in [-0.4, -0.2) is 25.5 Å². The van der Waals surface area contributed by atoms with Crippen molar-refractivity contribution in [2.24, 2.45) is 0 Å². The van der Waals surface area contributed by atoms with Crippen molar-refractivity contribution in [1.82, 2.24) is 10.6 Å². The van der Waals surface area contributed by atoms with Crippen molar-refractivity contribution in [3.05, 3.63) is 59.0 Å². The van der Waals surface area contributed by atoms with Crippen molar-refractivity contribution in [2.45, 2.75) is 19.1 Å². The number of furan rings is 1. The van der Waals surface area contributed by atoms with Crippen molar-refractivity contribution in [2.75, 3.05) is 13.7 Å². The van der Waals surface area contributed by atoms with Gasteiger partial charge in [-0.15, -0.1) is 0 Å². The lowest BCUT2D eigenvalue weighted by molar-refractivity contribution is -0.140. The third-order valence-electron chi connectivity index (χ3n) is 3.68. The van der Waals surface area contributed by atoms with Gasteiger partial charge in [-0.05, 0) is 36.8 Å². The van der Waals surface area contributed by atoms with Gasteiger partial charge in [-0.1, -0.05) is 23.7 Å². The second-order valence-corrected chi connectivity index (χ2v) is 5.83. The van der Waals surface area contributed by atoms with Crippen LogP contribution in [0, 0.1) is 0 Å². The topological polar surface area (TPSA) is 80.6 Å². The molecule has 0 bridgehead atoms. The monoisotopic (exact) mass is 350 g/mol. The van der Waals surface area contributed by atoms with E-state index in [-0.39, 0.29) is 13.1 Å². The average Bonchev–Trinajstić information content (AvgIpc) is 3.10. The Labute approximate surface area is 145 Å². The maximum absolute atomic E-state index is 11.9. The van der Waals surface area contributed by atoms with Crippen molar-refractivity contribution in [3.8, 4) is 0 Å². The normalized spacial score (nSPS) is 13.1. The predicted molar refractivity (Wildman–Crippen MR) is 89.4 cm³/mol. The second-order valence-electron chi connectivity index (χ2n) is 5.39. The smallest absolute Gasteiger partial charge is 0.309 e. The van der Waals surface area contributed by atoms with Crippen LogP contribution >= 0.6 is 11.6 Å². The Bertz CT molecular complexity index is 702. The molecule has 128 valence electrons. The minimum atomic E-state index is -0.804. The zero-order valence-electron chi connectivity index (χ0n) is 13.5. The number of halogens is 1. The number of nitrogens with one attached hydrogen (secondary N) is 2. The highest BCUT2D eigenvalue weighted by molar-refractivity contribution is 6.35. The van der Waals surface area contributed by atoms with Crippen LogP contribution in [-0.2, 0) is 26.5 Å². The molecule has 2 amide bonds. The van der Waals surface area contributed by atoms with Crippen LogP contribution < -0.4 is 10.6 Å². The largest absolute Gasteiger partial charge is 0.467 e. The maximum Gasteiger partial charge on any atom is 0.309 e. The maximum atomic E-state index is 11.9. The summed E-state index contributed by atoms with van der Waals surface area (Å²) in [5, 5.41) is 5.62. The van der Waals surface area contributed by atoms with E-state index in [0.29, 0.717) is 10.8 Å². The minimum Gasteiger partial charge on any atom is -0.467 e. The Balaban J connectivity index is 1.92. The molecule has 0 fully saturated rings. The molecule has 1 heterocycles. The van der Waals surface area contributed by atoms with Gasteiger partial charge in [0.2, 0.25) is 0 Å². The number of carbonyl (C=O) groups is 2. The molecule has 1 aromatic heterocycles. The second kappa shape index (κ2) is 7.99. The third-order valence-corrected chi connectivity index (χ3v) is 3.92. The summed E-state index contributed by atoms with van der Waals surface area (Å²) in [6, 6.07) is 10.6. The Morgan fingerprint density at radius 3 is 2.58 bits per heavy atom. The van der Waals surface area contributed by atoms with Crippen LogP contribution in [0.5, 0.6) is 0 Å². The lowest BCUT2D eigenvalue weighted by atomic mass is 9.95. The number of hydrogen-bond acceptors (Lipinski definition) is 4. The highest BCUT2D eigenvalue weighted by Gasteiger charge is 2.28. The number of rotatable bonds is 6. The highest BCUT2D eigenvalue weighted by atomic mass is 35.5. The van der Waals surface area contributed by atoms with Crippen molar-refractivity contribution in [3.63, 3.8) is 0 Å². The van der Waals surface area contributed by atoms with E-state index in [1.165, 1.54) is 13.4 Å². The van der Waals surface area contributed by atoms with Gasteiger partial charge in [-0.3, -0.25) is 9.59 Å². The molecule has 7 heteroatoms. The summed E-state index contributed by atoms with van der Waals surface area (Å²) in [6.07, 6.45) is 1.50. The van der Waals surface area contributed by atoms with Gasteiger partial charge in [0.1, 0.15) is 11.4 Å². The average molecular weight is 351 g/mol. The molecular formula is C17H19ClN2O4. The predicted octanol–water partition coefficient (Wildman–Crippen LogP) is 2.23. The molecule has 0 saturated heterocycles. The molecule has 1 aromatic carbocycles. The molecule has 1 atom stereocenters. The number of amides is 2. The number of methoxy groups -OCH3 is 1. The van der Waals surface area contributed by atoms with Crippen LogP contribution in [0.15, 0.2) is 47.1 Å². The Morgan fingerprint density at radius 2 is 1.96 bits per heavy atom. The molecule has 0 aliphatic rings. The summed E-state index contributed by atoms with van der Waals surface area (Å²) in [5.41, 5.74) is -0.00391. The van der Waals surface area contributed by atoms with E-state index >= 15 is 0 Å². The molecule has 0 saturated carbocycles. The summed E-state index contributed by atoms with van der Waals surface area (Å²) < 4.78 is 10.6. The molecule has 2 N–H and O–H groups in total. The number of benzene rings is 1. The fourth-order valence-corrected chi connectivity index (χ4v) is 2.29. The van der Waals surface area contributed by atoms with Gasteiger partial charge in [0.05, 0.1) is 19.4 Å². The molecule has 6 nitrogen and oxygen atoms in total. The van der Waals surface area contributed by atoms with E-state index in [9.17, 15) is 9.59 Å². The van der Waals surface area contributed by atoms with Crippen LogP contribution in [0.25, 0.3) is 0 Å². The Hall–Kier alpha value is -2.31.